The van der Waals surface area contributed by atoms with Gasteiger partial charge in [-0.25, -0.2) is 8.78 Å². The highest BCUT2D eigenvalue weighted by Crippen LogP contribution is 2.28. The molecule has 0 saturated carbocycles. The van der Waals surface area contributed by atoms with Crippen LogP contribution in [0.2, 0.25) is 0 Å². The molecule has 0 aliphatic heterocycles. The summed E-state index contributed by atoms with van der Waals surface area (Å²) < 4.78 is 30.0. The van der Waals surface area contributed by atoms with E-state index in [0.29, 0.717) is 5.56 Å². The van der Waals surface area contributed by atoms with Gasteiger partial charge in [0.15, 0.2) is 0 Å². The highest BCUT2D eigenvalue weighted by molar-refractivity contribution is 5.35. The van der Waals surface area contributed by atoms with Gasteiger partial charge in [-0.05, 0) is 32.0 Å². The van der Waals surface area contributed by atoms with Crippen LogP contribution in [-0.2, 0) is 6.54 Å². The molecule has 0 bridgehead atoms. The summed E-state index contributed by atoms with van der Waals surface area (Å²) >= 11 is 0. The summed E-state index contributed by atoms with van der Waals surface area (Å²) in [6.45, 7) is 4.47. The number of rotatable bonds is 5. The predicted molar refractivity (Wildman–Crippen MR) is 74.5 cm³/mol. The molecule has 1 aromatic heterocycles. The lowest BCUT2D eigenvalue weighted by Crippen LogP contribution is -2.20. The maximum absolute atomic E-state index is 14.2. The van der Waals surface area contributed by atoms with Crippen molar-refractivity contribution in [3.63, 3.8) is 0 Å². The van der Waals surface area contributed by atoms with Crippen LogP contribution in [0.5, 0.6) is 0 Å². The Labute approximate surface area is 117 Å². The largest absolute Gasteiger partial charge is 0.309 e. The van der Waals surface area contributed by atoms with Gasteiger partial charge in [0.1, 0.15) is 11.6 Å². The van der Waals surface area contributed by atoms with Crippen LogP contribution in [0.15, 0.2) is 24.5 Å². The topological polar surface area (TPSA) is 29.9 Å². The number of hydrogen-bond donors (Lipinski definition) is 1. The van der Waals surface area contributed by atoms with E-state index in [0.717, 1.165) is 18.5 Å². The first-order valence-electron chi connectivity index (χ1n) is 6.72. The van der Waals surface area contributed by atoms with E-state index in [-0.39, 0.29) is 5.56 Å². The van der Waals surface area contributed by atoms with Gasteiger partial charge < -0.3 is 5.32 Å². The van der Waals surface area contributed by atoms with Gasteiger partial charge >= 0.3 is 0 Å². The Balaban J connectivity index is 2.44. The average Bonchev–Trinajstić information content (AvgIpc) is 2.88. The summed E-state index contributed by atoms with van der Waals surface area (Å²) in [5, 5.41) is 7.18. The van der Waals surface area contributed by atoms with Crippen LogP contribution in [-0.4, -0.2) is 16.8 Å². The first-order valence-corrected chi connectivity index (χ1v) is 6.72. The van der Waals surface area contributed by atoms with E-state index in [2.05, 4.69) is 17.3 Å². The predicted octanol–water partition coefficient (Wildman–Crippen LogP) is 3.19. The normalized spacial score (nSPS) is 12.7. The minimum Gasteiger partial charge on any atom is -0.309 e. The van der Waals surface area contributed by atoms with Crippen LogP contribution in [0.4, 0.5) is 8.78 Å². The molecule has 1 heterocycles. The summed E-state index contributed by atoms with van der Waals surface area (Å²) in [6.07, 6.45) is 4.43. The summed E-state index contributed by atoms with van der Waals surface area (Å²) in [5.41, 5.74) is 1.23. The van der Waals surface area contributed by atoms with Gasteiger partial charge in [-0.3, -0.25) is 4.68 Å². The minimum atomic E-state index is -0.546. The standard InChI is InChI=1S/C15H19F2N3/c1-4-7-20-9-11(8-19-20)15(18-3)13-12(16)6-5-10(2)14(13)17/h5-6,8-9,15,18H,4,7H2,1-3H3. The number of halogens is 2. The van der Waals surface area contributed by atoms with E-state index in [1.165, 1.54) is 12.1 Å². The number of aromatic nitrogens is 2. The molecule has 1 atom stereocenters. The maximum Gasteiger partial charge on any atom is 0.134 e. The van der Waals surface area contributed by atoms with Crippen molar-refractivity contribution < 1.29 is 8.78 Å². The second-order valence-electron chi connectivity index (χ2n) is 4.85. The van der Waals surface area contributed by atoms with Gasteiger partial charge in [-0.15, -0.1) is 0 Å². The molecule has 1 unspecified atom stereocenters. The third-order valence-electron chi connectivity index (χ3n) is 3.34. The SMILES string of the molecule is CCCn1cc(C(NC)c2c(F)ccc(C)c2F)cn1. The second kappa shape index (κ2) is 6.13. The van der Waals surface area contributed by atoms with Crippen molar-refractivity contribution in [2.75, 3.05) is 7.05 Å². The molecule has 20 heavy (non-hydrogen) atoms. The second-order valence-corrected chi connectivity index (χ2v) is 4.85. The molecule has 0 spiro atoms. The van der Waals surface area contributed by atoms with E-state index in [9.17, 15) is 8.78 Å². The Morgan fingerprint density at radius 3 is 2.75 bits per heavy atom. The van der Waals surface area contributed by atoms with Crippen molar-refractivity contribution in [1.82, 2.24) is 15.1 Å². The van der Waals surface area contributed by atoms with Gasteiger partial charge in [0.25, 0.3) is 0 Å². The van der Waals surface area contributed by atoms with Crippen molar-refractivity contribution in [3.05, 3.63) is 52.9 Å². The lowest BCUT2D eigenvalue weighted by molar-refractivity contribution is 0.517. The lowest BCUT2D eigenvalue weighted by Gasteiger charge is -2.17. The zero-order valence-electron chi connectivity index (χ0n) is 12.0. The van der Waals surface area contributed by atoms with Crippen LogP contribution in [0.1, 0.15) is 36.1 Å². The Kier molecular flexibility index (Phi) is 4.49. The molecule has 1 aromatic carbocycles. The highest BCUT2D eigenvalue weighted by Gasteiger charge is 2.23. The monoisotopic (exact) mass is 279 g/mol. The van der Waals surface area contributed by atoms with E-state index in [4.69, 9.17) is 0 Å². The van der Waals surface area contributed by atoms with Crippen LogP contribution >= 0.6 is 0 Å². The van der Waals surface area contributed by atoms with Crippen LogP contribution in [0.25, 0.3) is 0 Å². The molecule has 2 rings (SSSR count). The Morgan fingerprint density at radius 1 is 1.35 bits per heavy atom. The first kappa shape index (κ1) is 14.7. The molecular weight excluding hydrogens is 260 g/mol. The molecule has 0 aliphatic rings. The number of nitrogens with one attached hydrogen (secondary N) is 1. The van der Waals surface area contributed by atoms with Gasteiger partial charge in [-0.1, -0.05) is 13.0 Å². The van der Waals surface area contributed by atoms with E-state index >= 15 is 0 Å². The van der Waals surface area contributed by atoms with E-state index in [1.54, 1.807) is 24.9 Å². The van der Waals surface area contributed by atoms with Crippen LogP contribution in [0.3, 0.4) is 0 Å². The third kappa shape index (κ3) is 2.72. The van der Waals surface area contributed by atoms with Gasteiger partial charge in [-0.2, -0.15) is 5.10 Å². The summed E-state index contributed by atoms with van der Waals surface area (Å²) in [5.74, 6) is -1.05. The van der Waals surface area contributed by atoms with Crippen molar-refractivity contribution in [2.24, 2.45) is 0 Å². The van der Waals surface area contributed by atoms with Crippen LogP contribution < -0.4 is 5.32 Å². The summed E-state index contributed by atoms with van der Waals surface area (Å²) in [7, 11) is 1.68. The van der Waals surface area contributed by atoms with Gasteiger partial charge in [0.2, 0.25) is 0 Å². The molecule has 0 aliphatic carbocycles. The number of hydrogen-bond acceptors (Lipinski definition) is 2. The lowest BCUT2D eigenvalue weighted by atomic mass is 9.98. The quantitative estimate of drug-likeness (QED) is 0.911. The Hall–Kier alpha value is -1.75. The van der Waals surface area contributed by atoms with E-state index in [1.807, 2.05) is 6.20 Å². The molecule has 2 aromatic rings. The molecule has 0 saturated heterocycles. The van der Waals surface area contributed by atoms with Crippen molar-refractivity contribution in [1.29, 1.82) is 0 Å². The fourth-order valence-electron chi connectivity index (χ4n) is 2.30. The molecule has 108 valence electrons. The van der Waals surface area contributed by atoms with E-state index < -0.39 is 17.7 Å². The Morgan fingerprint density at radius 2 is 2.10 bits per heavy atom. The highest BCUT2D eigenvalue weighted by atomic mass is 19.1. The first-order chi connectivity index (χ1) is 9.58. The molecule has 3 nitrogen and oxygen atoms in total. The van der Waals surface area contributed by atoms with Gasteiger partial charge in [0, 0.05) is 23.9 Å². The number of aryl methyl sites for hydroxylation is 2. The molecule has 0 amide bonds. The molecule has 0 fully saturated rings. The zero-order chi connectivity index (χ0) is 14.7. The zero-order valence-corrected chi connectivity index (χ0v) is 12.0. The van der Waals surface area contributed by atoms with Crippen molar-refractivity contribution in [3.8, 4) is 0 Å². The third-order valence-corrected chi connectivity index (χ3v) is 3.34. The van der Waals surface area contributed by atoms with Crippen molar-refractivity contribution >= 4 is 0 Å². The number of benzene rings is 1. The molecule has 0 radical (unpaired) electrons. The summed E-state index contributed by atoms with van der Waals surface area (Å²) in [6, 6.07) is 2.20. The Bertz CT molecular complexity index is 593. The van der Waals surface area contributed by atoms with Crippen LogP contribution in [0, 0.1) is 18.6 Å². The molecular formula is C15H19F2N3. The number of nitrogens with zero attached hydrogens (tertiary/aromatic N) is 2. The molecule has 5 heteroatoms. The average molecular weight is 279 g/mol. The maximum atomic E-state index is 14.2. The summed E-state index contributed by atoms with van der Waals surface area (Å²) in [4.78, 5) is 0. The van der Waals surface area contributed by atoms with Crippen molar-refractivity contribution in [2.45, 2.75) is 32.9 Å². The fraction of sp³-hybridized carbons (Fsp3) is 0.400. The molecule has 1 N–H and O–H groups in total. The fourth-order valence-corrected chi connectivity index (χ4v) is 2.30. The smallest absolute Gasteiger partial charge is 0.134 e. The minimum absolute atomic E-state index is 0.0450. The van der Waals surface area contributed by atoms with Gasteiger partial charge in [0.05, 0.1) is 12.2 Å².